The van der Waals surface area contributed by atoms with E-state index in [2.05, 4.69) is 10.6 Å². The van der Waals surface area contributed by atoms with E-state index in [1.807, 2.05) is 32.0 Å². The van der Waals surface area contributed by atoms with Crippen LogP contribution in [0.25, 0.3) is 0 Å². The summed E-state index contributed by atoms with van der Waals surface area (Å²) in [7, 11) is 0. The van der Waals surface area contributed by atoms with Gasteiger partial charge in [0.2, 0.25) is 0 Å². The van der Waals surface area contributed by atoms with Crippen molar-refractivity contribution in [3.63, 3.8) is 0 Å². The number of esters is 1. The highest BCUT2D eigenvalue weighted by atomic mass is 16.6. The predicted molar refractivity (Wildman–Crippen MR) is 93.4 cm³/mol. The first-order chi connectivity index (χ1) is 11.5. The molecule has 0 aromatic heterocycles. The maximum absolute atomic E-state index is 11.9. The summed E-state index contributed by atoms with van der Waals surface area (Å²) < 4.78 is 10.5. The normalized spacial score (nSPS) is 12.1. The number of carbonyl (C=O) groups is 3. The molecule has 0 saturated heterocycles. The number of hydrogen-bond acceptors (Lipinski definition) is 5. The average molecular weight is 350 g/mol. The van der Waals surface area contributed by atoms with Gasteiger partial charge < -0.3 is 14.8 Å². The van der Waals surface area contributed by atoms with Crippen LogP contribution >= 0.6 is 0 Å². The van der Waals surface area contributed by atoms with Crippen LogP contribution in [0.15, 0.2) is 18.2 Å². The zero-order chi connectivity index (χ0) is 19.2. The minimum atomic E-state index is -1.11. The van der Waals surface area contributed by atoms with Gasteiger partial charge in [0.15, 0.2) is 12.7 Å². The molecule has 0 unspecified atom stereocenters. The molecule has 0 aliphatic rings. The number of hydrogen-bond donors (Lipinski definition) is 2. The van der Waals surface area contributed by atoms with Crippen LogP contribution in [0.5, 0.6) is 5.75 Å². The highest BCUT2D eigenvalue weighted by Gasteiger charge is 2.22. The van der Waals surface area contributed by atoms with Gasteiger partial charge in [0.1, 0.15) is 5.75 Å². The summed E-state index contributed by atoms with van der Waals surface area (Å²) in [5.74, 6) is -0.787. The fourth-order valence-electron chi connectivity index (χ4n) is 2.03. The van der Waals surface area contributed by atoms with E-state index in [-0.39, 0.29) is 6.61 Å². The molecule has 0 aliphatic heterocycles. The predicted octanol–water partition coefficient (Wildman–Crippen LogP) is 2.24. The average Bonchev–Trinajstić information content (AvgIpc) is 2.44. The first kappa shape index (κ1) is 20.5. The van der Waals surface area contributed by atoms with Gasteiger partial charge in [0.25, 0.3) is 5.91 Å². The van der Waals surface area contributed by atoms with Crippen molar-refractivity contribution in [1.29, 1.82) is 0 Å². The second-order valence-electron chi connectivity index (χ2n) is 6.84. The summed E-state index contributed by atoms with van der Waals surface area (Å²) in [4.78, 5) is 35.3. The van der Waals surface area contributed by atoms with Crippen LogP contribution in [-0.4, -0.2) is 36.2 Å². The molecule has 138 valence electrons. The first-order valence-electron chi connectivity index (χ1n) is 8.01. The van der Waals surface area contributed by atoms with Crippen molar-refractivity contribution in [2.75, 3.05) is 6.61 Å². The number of rotatable bonds is 5. The number of urea groups is 1. The topological polar surface area (TPSA) is 93.7 Å². The molecule has 1 aromatic rings. The Morgan fingerprint density at radius 1 is 1.12 bits per heavy atom. The molecule has 0 aliphatic carbocycles. The van der Waals surface area contributed by atoms with Crippen LogP contribution in [0.1, 0.15) is 38.8 Å². The highest BCUT2D eigenvalue weighted by Crippen LogP contribution is 2.22. The summed E-state index contributed by atoms with van der Waals surface area (Å²) in [5.41, 5.74) is 1.32. The third-order valence-corrected chi connectivity index (χ3v) is 3.15. The maximum atomic E-state index is 11.9. The second kappa shape index (κ2) is 8.50. The lowest BCUT2D eigenvalue weighted by atomic mass is 10.1. The summed E-state index contributed by atoms with van der Waals surface area (Å²) in [5, 5.41) is 4.71. The Balaban J connectivity index is 2.48. The van der Waals surface area contributed by atoms with Crippen LogP contribution in [0, 0.1) is 13.8 Å². The summed E-state index contributed by atoms with van der Waals surface area (Å²) in [6.45, 7) is 10.2. The Kier molecular flexibility index (Phi) is 6.97. The largest absolute Gasteiger partial charge is 0.481 e. The molecule has 0 heterocycles. The van der Waals surface area contributed by atoms with E-state index in [4.69, 9.17) is 9.47 Å². The Bertz CT molecular complexity index is 629. The molecule has 0 fully saturated rings. The fraction of sp³-hybridized carbons (Fsp3) is 0.500. The van der Waals surface area contributed by atoms with Gasteiger partial charge in [-0.15, -0.1) is 0 Å². The molecule has 1 aromatic carbocycles. The van der Waals surface area contributed by atoms with Gasteiger partial charge in [-0.05, 0) is 52.7 Å². The molecular weight excluding hydrogens is 324 g/mol. The van der Waals surface area contributed by atoms with E-state index in [0.29, 0.717) is 5.75 Å². The third-order valence-electron chi connectivity index (χ3n) is 3.15. The van der Waals surface area contributed by atoms with Gasteiger partial charge in [0, 0.05) is 5.54 Å². The molecule has 25 heavy (non-hydrogen) atoms. The third kappa shape index (κ3) is 7.24. The lowest BCUT2D eigenvalue weighted by Gasteiger charge is -2.21. The van der Waals surface area contributed by atoms with Crippen LogP contribution in [0.3, 0.4) is 0 Å². The van der Waals surface area contributed by atoms with Gasteiger partial charge in [-0.25, -0.2) is 9.59 Å². The Morgan fingerprint density at radius 3 is 2.20 bits per heavy atom. The number of aryl methyl sites for hydroxylation is 2. The van der Waals surface area contributed by atoms with E-state index in [9.17, 15) is 14.4 Å². The van der Waals surface area contributed by atoms with Crippen molar-refractivity contribution < 1.29 is 23.9 Å². The highest BCUT2D eigenvalue weighted by molar-refractivity contribution is 5.97. The monoisotopic (exact) mass is 350 g/mol. The van der Waals surface area contributed by atoms with E-state index < -0.39 is 29.6 Å². The van der Waals surface area contributed by atoms with Gasteiger partial charge >= 0.3 is 12.0 Å². The quantitative estimate of drug-likeness (QED) is 0.794. The van der Waals surface area contributed by atoms with Crippen molar-refractivity contribution in [2.45, 2.75) is 53.2 Å². The summed E-state index contributed by atoms with van der Waals surface area (Å²) in [6, 6.07) is 4.99. The molecule has 7 nitrogen and oxygen atoms in total. The van der Waals surface area contributed by atoms with E-state index in [1.54, 1.807) is 20.8 Å². The molecule has 0 bridgehead atoms. The Hall–Kier alpha value is -2.57. The smallest absolute Gasteiger partial charge is 0.344 e. The van der Waals surface area contributed by atoms with Crippen LogP contribution < -0.4 is 15.4 Å². The summed E-state index contributed by atoms with van der Waals surface area (Å²) >= 11 is 0. The standard InChI is InChI=1S/C18H26N2O5/c1-11-8-7-9-12(2)15(11)24-10-14(21)25-13(3)16(22)19-17(23)20-18(4,5)6/h7-9,13H,10H2,1-6H3,(H2,19,20,22,23)/t13-/m1/s1. The van der Waals surface area contributed by atoms with Crippen LogP contribution in [0.2, 0.25) is 0 Å². The number of para-hydroxylation sites is 1. The van der Waals surface area contributed by atoms with Gasteiger partial charge in [-0.3, -0.25) is 10.1 Å². The fourth-order valence-corrected chi connectivity index (χ4v) is 2.03. The van der Waals surface area contributed by atoms with Crippen molar-refractivity contribution in [2.24, 2.45) is 0 Å². The molecule has 1 atom stereocenters. The lowest BCUT2D eigenvalue weighted by molar-refractivity contribution is -0.156. The Morgan fingerprint density at radius 2 is 1.68 bits per heavy atom. The molecule has 1 rings (SSSR count). The van der Waals surface area contributed by atoms with E-state index >= 15 is 0 Å². The first-order valence-corrected chi connectivity index (χ1v) is 8.01. The number of benzene rings is 1. The maximum Gasteiger partial charge on any atom is 0.344 e. The number of imide groups is 1. The van der Waals surface area contributed by atoms with Crippen molar-refractivity contribution in [3.05, 3.63) is 29.3 Å². The molecule has 3 amide bonds. The molecule has 7 heteroatoms. The molecule has 0 spiro atoms. The van der Waals surface area contributed by atoms with Crippen molar-refractivity contribution in [3.8, 4) is 5.75 Å². The summed E-state index contributed by atoms with van der Waals surface area (Å²) in [6.07, 6.45) is -1.11. The van der Waals surface area contributed by atoms with E-state index in [0.717, 1.165) is 11.1 Å². The van der Waals surface area contributed by atoms with Gasteiger partial charge in [-0.2, -0.15) is 0 Å². The van der Waals surface area contributed by atoms with Gasteiger partial charge in [0.05, 0.1) is 0 Å². The minimum Gasteiger partial charge on any atom is -0.481 e. The molecule has 0 radical (unpaired) electrons. The molecular formula is C18H26N2O5. The van der Waals surface area contributed by atoms with E-state index in [1.165, 1.54) is 6.92 Å². The van der Waals surface area contributed by atoms with Crippen molar-refractivity contribution in [1.82, 2.24) is 10.6 Å². The number of carbonyl (C=O) groups excluding carboxylic acids is 3. The minimum absolute atomic E-state index is 0.322. The van der Waals surface area contributed by atoms with Crippen LogP contribution in [0.4, 0.5) is 4.79 Å². The molecule has 2 N–H and O–H groups in total. The zero-order valence-corrected chi connectivity index (χ0v) is 15.6. The number of nitrogens with one attached hydrogen (secondary N) is 2. The number of ether oxygens (including phenoxy) is 2. The zero-order valence-electron chi connectivity index (χ0n) is 15.6. The SMILES string of the molecule is Cc1cccc(C)c1OCC(=O)O[C@H](C)C(=O)NC(=O)NC(C)(C)C. The van der Waals surface area contributed by atoms with Crippen LogP contribution in [-0.2, 0) is 14.3 Å². The lowest BCUT2D eigenvalue weighted by Crippen LogP contribution is -2.50. The Labute approximate surface area is 148 Å². The molecule has 0 saturated carbocycles. The number of amides is 3. The second-order valence-corrected chi connectivity index (χ2v) is 6.84. The van der Waals surface area contributed by atoms with Gasteiger partial charge in [-0.1, -0.05) is 18.2 Å². The van der Waals surface area contributed by atoms with Crippen molar-refractivity contribution >= 4 is 17.9 Å².